The lowest BCUT2D eigenvalue weighted by Crippen LogP contribution is -2.31. The molecule has 0 unspecified atom stereocenters. The molecule has 0 spiro atoms. The first kappa shape index (κ1) is 15.3. The number of para-hydroxylation sites is 1. The summed E-state index contributed by atoms with van der Waals surface area (Å²) in [5.74, 6) is -0.730. The summed E-state index contributed by atoms with van der Waals surface area (Å²) in [6.07, 6.45) is 5.41. The Hall–Kier alpha value is -1.62. The molecule has 2 fully saturated rings. The number of aliphatic hydroxyl groups is 1. The topological polar surface area (TPSA) is 52.6 Å². The lowest BCUT2D eigenvalue weighted by Gasteiger charge is -2.24. The van der Waals surface area contributed by atoms with E-state index in [4.69, 9.17) is 0 Å². The van der Waals surface area contributed by atoms with Crippen molar-refractivity contribution in [3.63, 3.8) is 0 Å². The number of benzene rings is 1. The van der Waals surface area contributed by atoms with Crippen LogP contribution in [0.25, 0.3) is 0 Å². The number of anilines is 2. The monoisotopic (exact) mass is 306 g/mol. The summed E-state index contributed by atoms with van der Waals surface area (Å²) in [7, 11) is 0. The molecule has 1 saturated heterocycles. The van der Waals surface area contributed by atoms with Gasteiger partial charge in [0.2, 0.25) is 5.91 Å². The summed E-state index contributed by atoms with van der Waals surface area (Å²) in [6, 6.07) is 4.87. The second-order valence-corrected chi connectivity index (χ2v) is 6.48. The van der Waals surface area contributed by atoms with Crippen molar-refractivity contribution >= 4 is 17.3 Å². The van der Waals surface area contributed by atoms with E-state index in [1.54, 1.807) is 6.07 Å². The van der Waals surface area contributed by atoms with Crippen LogP contribution in [-0.4, -0.2) is 29.7 Å². The van der Waals surface area contributed by atoms with Crippen LogP contribution in [0.5, 0.6) is 0 Å². The zero-order valence-electron chi connectivity index (χ0n) is 12.8. The minimum absolute atomic E-state index is 0.0424. The fraction of sp³-hybridized carbons (Fsp3) is 0.588. The zero-order valence-corrected chi connectivity index (χ0v) is 12.8. The van der Waals surface area contributed by atoms with Gasteiger partial charge in [-0.1, -0.05) is 18.9 Å². The highest BCUT2D eigenvalue weighted by molar-refractivity contribution is 5.95. The molecule has 1 saturated carbocycles. The molecule has 2 aliphatic rings. The first-order chi connectivity index (χ1) is 10.6. The quantitative estimate of drug-likeness (QED) is 0.899. The van der Waals surface area contributed by atoms with Gasteiger partial charge < -0.3 is 15.3 Å². The van der Waals surface area contributed by atoms with E-state index >= 15 is 0 Å². The van der Waals surface area contributed by atoms with E-state index < -0.39 is 11.4 Å². The Bertz CT molecular complexity index is 550. The van der Waals surface area contributed by atoms with Crippen LogP contribution in [0.3, 0.4) is 0 Å². The summed E-state index contributed by atoms with van der Waals surface area (Å²) in [4.78, 5) is 14.3. The number of hydrogen-bond donors (Lipinski definition) is 2. The van der Waals surface area contributed by atoms with Crippen molar-refractivity contribution in [3.8, 4) is 0 Å². The average molecular weight is 306 g/mol. The van der Waals surface area contributed by atoms with Gasteiger partial charge >= 0.3 is 0 Å². The van der Waals surface area contributed by atoms with Gasteiger partial charge in [0.1, 0.15) is 11.5 Å². The highest BCUT2D eigenvalue weighted by Gasteiger charge is 2.34. The minimum atomic E-state index is -0.914. The van der Waals surface area contributed by atoms with Crippen molar-refractivity contribution in [1.82, 2.24) is 0 Å². The van der Waals surface area contributed by atoms with Crippen molar-refractivity contribution < 1.29 is 14.3 Å². The molecular formula is C17H23FN2O2. The van der Waals surface area contributed by atoms with Gasteiger partial charge in [0.25, 0.3) is 0 Å². The number of carbonyl (C=O) groups is 1. The van der Waals surface area contributed by atoms with E-state index in [0.29, 0.717) is 12.8 Å². The fourth-order valence-electron chi connectivity index (χ4n) is 3.55. The number of nitrogens with zero attached hydrogens (tertiary/aromatic N) is 1. The molecular weight excluding hydrogens is 283 g/mol. The van der Waals surface area contributed by atoms with Crippen LogP contribution in [0.2, 0.25) is 0 Å². The lowest BCUT2D eigenvalue weighted by atomic mass is 9.97. The maximum absolute atomic E-state index is 14.2. The van der Waals surface area contributed by atoms with Crippen LogP contribution in [0.15, 0.2) is 18.2 Å². The van der Waals surface area contributed by atoms with Crippen LogP contribution in [0, 0.1) is 5.82 Å². The molecule has 3 rings (SSSR count). The van der Waals surface area contributed by atoms with E-state index in [2.05, 4.69) is 10.2 Å². The predicted octanol–water partition coefficient (Wildman–Crippen LogP) is 3.06. The van der Waals surface area contributed by atoms with Gasteiger partial charge in [-0.2, -0.15) is 0 Å². The molecule has 1 amide bonds. The standard InChI is InChI=1S/C17H23FN2O2/c18-13-6-5-7-14(20-10-3-4-11-20)16(13)19-15(21)12-17(22)8-1-2-9-17/h5-7,22H,1-4,8-12H2,(H,19,21). The molecule has 0 aromatic heterocycles. The third-order valence-electron chi connectivity index (χ3n) is 4.73. The van der Waals surface area contributed by atoms with Gasteiger partial charge in [-0.3, -0.25) is 4.79 Å². The molecule has 120 valence electrons. The molecule has 1 heterocycles. The molecule has 22 heavy (non-hydrogen) atoms. The van der Waals surface area contributed by atoms with Crippen LogP contribution < -0.4 is 10.2 Å². The molecule has 1 aromatic carbocycles. The maximum atomic E-state index is 14.2. The molecule has 0 atom stereocenters. The molecule has 1 aliphatic heterocycles. The SMILES string of the molecule is O=C(CC1(O)CCCC1)Nc1c(F)cccc1N1CCCC1. The van der Waals surface area contributed by atoms with Gasteiger partial charge in [-0.15, -0.1) is 0 Å². The number of nitrogens with one attached hydrogen (secondary N) is 1. The number of amides is 1. The van der Waals surface area contributed by atoms with Gasteiger partial charge in [0.05, 0.1) is 17.7 Å². The predicted molar refractivity (Wildman–Crippen MR) is 84.5 cm³/mol. The molecule has 5 heteroatoms. The molecule has 0 bridgehead atoms. The van der Waals surface area contributed by atoms with Gasteiger partial charge in [0.15, 0.2) is 0 Å². The first-order valence-electron chi connectivity index (χ1n) is 8.13. The summed E-state index contributed by atoms with van der Waals surface area (Å²) in [5.41, 5.74) is 0.0728. The number of halogens is 1. The van der Waals surface area contributed by atoms with E-state index in [1.807, 2.05) is 6.07 Å². The van der Waals surface area contributed by atoms with Crippen LogP contribution >= 0.6 is 0 Å². The molecule has 2 N–H and O–H groups in total. The Balaban J connectivity index is 1.74. The second kappa shape index (κ2) is 6.24. The van der Waals surface area contributed by atoms with Crippen molar-refractivity contribution in [2.75, 3.05) is 23.3 Å². The lowest BCUT2D eigenvalue weighted by molar-refractivity contribution is -0.120. The van der Waals surface area contributed by atoms with Crippen molar-refractivity contribution in [2.24, 2.45) is 0 Å². The minimum Gasteiger partial charge on any atom is -0.389 e. The third-order valence-corrected chi connectivity index (χ3v) is 4.73. The van der Waals surface area contributed by atoms with Gasteiger partial charge in [-0.25, -0.2) is 4.39 Å². The maximum Gasteiger partial charge on any atom is 0.227 e. The van der Waals surface area contributed by atoms with E-state index in [9.17, 15) is 14.3 Å². The Labute approximate surface area is 130 Å². The van der Waals surface area contributed by atoms with Gasteiger partial charge in [-0.05, 0) is 37.8 Å². The molecule has 1 aromatic rings. The van der Waals surface area contributed by atoms with E-state index in [0.717, 1.165) is 44.5 Å². The first-order valence-corrected chi connectivity index (χ1v) is 8.13. The second-order valence-electron chi connectivity index (χ2n) is 6.48. The van der Waals surface area contributed by atoms with Crippen molar-refractivity contribution in [1.29, 1.82) is 0 Å². The average Bonchev–Trinajstić information content (AvgIpc) is 3.12. The largest absolute Gasteiger partial charge is 0.389 e. The van der Waals surface area contributed by atoms with E-state index in [1.165, 1.54) is 6.07 Å². The Morgan fingerprint density at radius 3 is 2.59 bits per heavy atom. The van der Waals surface area contributed by atoms with E-state index in [-0.39, 0.29) is 18.0 Å². The zero-order chi connectivity index (χ0) is 15.6. The summed E-state index contributed by atoms with van der Waals surface area (Å²) >= 11 is 0. The third kappa shape index (κ3) is 3.24. The highest BCUT2D eigenvalue weighted by atomic mass is 19.1. The summed E-state index contributed by atoms with van der Waals surface area (Å²) < 4.78 is 14.2. The van der Waals surface area contributed by atoms with Crippen LogP contribution in [0.1, 0.15) is 44.9 Å². The van der Waals surface area contributed by atoms with Crippen LogP contribution in [-0.2, 0) is 4.79 Å². The Morgan fingerprint density at radius 2 is 1.91 bits per heavy atom. The fourth-order valence-corrected chi connectivity index (χ4v) is 3.55. The van der Waals surface area contributed by atoms with Crippen molar-refractivity contribution in [3.05, 3.63) is 24.0 Å². The van der Waals surface area contributed by atoms with Crippen molar-refractivity contribution in [2.45, 2.75) is 50.5 Å². The Kier molecular flexibility index (Phi) is 4.34. The summed E-state index contributed by atoms with van der Waals surface area (Å²) in [6.45, 7) is 1.77. The van der Waals surface area contributed by atoms with Crippen LogP contribution in [0.4, 0.5) is 15.8 Å². The summed E-state index contributed by atoms with van der Waals surface area (Å²) in [5, 5.41) is 13.0. The Morgan fingerprint density at radius 1 is 1.23 bits per heavy atom. The smallest absolute Gasteiger partial charge is 0.227 e. The molecule has 0 radical (unpaired) electrons. The number of carbonyl (C=O) groups excluding carboxylic acids is 1. The number of rotatable bonds is 4. The molecule has 4 nitrogen and oxygen atoms in total. The normalized spacial score (nSPS) is 20.4. The van der Waals surface area contributed by atoms with Gasteiger partial charge in [0, 0.05) is 13.1 Å². The number of hydrogen-bond acceptors (Lipinski definition) is 3. The molecule has 1 aliphatic carbocycles. The highest BCUT2D eigenvalue weighted by Crippen LogP contribution is 2.34.